The van der Waals surface area contributed by atoms with E-state index in [4.69, 9.17) is 15.7 Å². The number of phenolic OH excluding ortho intramolecular Hbond substituents is 1. The third-order valence-corrected chi connectivity index (χ3v) is 3.47. The number of carbonyl (C=O) groups excluding carboxylic acids is 1. The molecule has 1 aliphatic heterocycles. The summed E-state index contributed by atoms with van der Waals surface area (Å²) in [5.41, 5.74) is 6.41. The molecular formula is C15H13N5O3. The molecule has 1 aromatic heterocycles. The molecule has 116 valence electrons. The molecule has 0 fully saturated rings. The summed E-state index contributed by atoms with van der Waals surface area (Å²) in [6, 6.07) is 6.23. The summed E-state index contributed by atoms with van der Waals surface area (Å²) >= 11 is 0. The number of nitrogen functional groups attached to an aromatic ring is 1. The van der Waals surface area contributed by atoms with E-state index in [0.29, 0.717) is 5.69 Å². The lowest BCUT2D eigenvalue weighted by atomic mass is 10.1. The van der Waals surface area contributed by atoms with Gasteiger partial charge in [-0.2, -0.15) is 5.26 Å². The minimum Gasteiger partial charge on any atom is -0.507 e. The Labute approximate surface area is 131 Å². The van der Waals surface area contributed by atoms with Gasteiger partial charge in [0.25, 0.3) is 5.91 Å². The number of nitrogens with two attached hydrogens (primary N) is 1. The lowest BCUT2D eigenvalue weighted by Crippen LogP contribution is -2.36. The van der Waals surface area contributed by atoms with Gasteiger partial charge in [0.1, 0.15) is 35.6 Å². The molecule has 0 aliphatic carbocycles. The van der Waals surface area contributed by atoms with E-state index < -0.39 is 5.91 Å². The van der Waals surface area contributed by atoms with Gasteiger partial charge >= 0.3 is 0 Å². The van der Waals surface area contributed by atoms with E-state index in [0.717, 1.165) is 0 Å². The summed E-state index contributed by atoms with van der Waals surface area (Å²) in [4.78, 5) is 22.1. The van der Waals surface area contributed by atoms with Crippen molar-refractivity contribution in [2.45, 2.75) is 13.0 Å². The Bertz CT molecular complexity index is 830. The minimum atomic E-state index is -0.419. The molecule has 1 aliphatic rings. The average Bonchev–Trinajstić information content (AvgIpc) is 2.65. The molecule has 0 saturated carbocycles. The van der Waals surface area contributed by atoms with Gasteiger partial charge in [-0.15, -0.1) is 0 Å². The molecular weight excluding hydrogens is 298 g/mol. The molecule has 0 saturated heterocycles. The standard InChI is InChI=1S/C15H13N5O3/c1-8-6-20(10-2-3-11(21)9(4-10)5-16)15(22)12-13(17)18-7-19-14(12)23-8/h2-4,7-8,21H,6H2,1H3,(H2,17,18,19). The van der Waals surface area contributed by atoms with Crippen LogP contribution in [-0.4, -0.2) is 33.6 Å². The minimum absolute atomic E-state index is 0.0263. The smallest absolute Gasteiger partial charge is 0.267 e. The Morgan fingerprint density at radius 2 is 2.26 bits per heavy atom. The van der Waals surface area contributed by atoms with Crippen LogP contribution in [-0.2, 0) is 0 Å². The highest BCUT2D eigenvalue weighted by atomic mass is 16.5. The number of rotatable bonds is 1. The number of hydrogen-bond acceptors (Lipinski definition) is 7. The molecule has 1 amide bonds. The van der Waals surface area contributed by atoms with E-state index in [2.05, 4.69) is 9.97 Å². The first kappa shape index (κ1) is 14.6. The van der Waals surface area contributed by atoms with E-state index in [-0.39, 0.29) is 41.2 Å². The number of ether oxygens (including phenoxy) is 1. The molecule has 3 N–H and O–H groups in total. The maximum absolute atomic E-state index is 12.8. The number of nitrogens with zero attached hydrogens (tertiary/aromatic N) is 4. The predicted octanol–water partition coefficient (Wildman–Crippen LogP) is 1.06. The molecule has 3 rings (SSSR count). The Hall–Kier alpha value is -3.34. The number of aromatic nitrogens is 2. The Kier molecular flexibility index (Phi) is 3.46. The van der Waals surface area contributed by atoms with Crippen molar-refractivity contribution in [2.24, 2.45) is 0 Å². The van der Waals surface area contributed by atoms with Gasteiger partial charge in [0, 0.05) is 5.69 Å². The second-order valence-electron chi connectivity index (χ2n) is 5.10. The predicted molar refractivity (Wildman–Crippen MR) is 81.0 cm³/mol. The molecule has 0 spiro atoms. The van der Waals surface area contributed by atoms with E-state index in [1.807, 2.05) is 6.07 Å². The second kappa shape index (κ2) is 5.46. The number of aromatic hydroxyl groups is 1. The molecule has 1 aromatic carbocycles. The molecule has 8 nitrogen and oxygen atoms in total. The van der Waals surface area contributed by atoms with E-state index in [9.17, 15) is 9.90 Å². The summed E-state index contributed by atoms with van der Waals surface area (Å²) < 4.78 is 5.63. The topological polar surface area (TPSA) is 125 Å². The molecule has 23 heavy (non-hydrogen) atoms. The van der Waals surface area contributed by atoms with Gasteiger partial charge < -0.3 is 20.5 Å². The molecule has 1 atom stereocenters. The fraction of sp³-hybridized carbons (Fsp3) is 0.200. The van der Waals surface area contributed by atoms with Crippen molar-refractivity contribution in [3.05, 3.63) is 35.7 Å². The molecule has 1 unspecified atom stereocenters. The Balaban J connectivity index is 2.12. The van der Waals surface area contributed by atoms with Gasteiger partial charge in [0.15, 0.2) is 0 Å². The largest absolute Gasteiger partial charge is 0.507 e. The number of nitriles is 1. The highest BCUT2D eigenvalue weighted by molar-refractivity contribution is 6.10. The van der Waals surface area contributed by atoms with Crippen LogP contribution in [0.15, 0.2) is 24.5 Å². The van der Waals surface area contributed by atoms with Crippen LogP contribution in [0.3, 0.4) is 0 Å². The van der Waals surface area contributed by atoms with Gasteiger partial charge in [-0.25, -0.2) is 9.97 Å². The van der Waals surface area contributed by atoms with Crippen LogP contribution in [0.4, 0.5) is 11.5 Å². The first-order valence-corrected chi connectivity index (χ1v) is 6.83. The van der Waals surface area contributed by atoms with Crippen LogP contribution in [0.25, 0.3) is 0 Å². The maximum Gasteiger partial charge on any atom is 0.267 e. The van der Waals surface area contributed by atoms with Gasteiger partial charge in [-0.05, 0) is 25.1 Å². The van der Waals surface area contributed by atoms with Crippen molar-refractivity contribution >= 4 is 17.4 Å². The zero-order chi connectivity index (χ0) is 16.6. The number of amides is 1. The quantitative estimate of drug-likeness (QED) is 0.806. The van der Waals surface area contributed by atoms with Crippen LogP contribution < -0.4 is 15.4 Å². The summed E-state index contributed by atoms with van der Waals surface area (Å²) in [5, 5.41) is 18.7. The van der Waals surface area contributed by atoms with Crippen LogP contribution in [0.1, 0.15) is 22.8 Å². The van der Waals surface area contributed by atoms with Crippen molar-refractivity contribution in [1.29, 1.82) is 5.26 Å². The number of fused-ring (bicyclic) bond motifs is 1. The first-order chi connectivity index (χ1) is 11.0. The third kappa shape index (κ3) is 2.48. The van der Waals surface area contributed by atoms with Crippen molar-refractivity contribution in [2.75, 3.05) is 17.2 Å². The van der Waals surface area contributed by atoms with Crippen LogP contribution in [0.5, 0.6) is 11.6 Å². The van der Waals surface area contributed by atoms with Gasteiger partial charge in [-0.1, -0.05) is 0 Å². The molecule has 2 heterocycles. The van der Waals surface area contributed by atoms with Crippen molar-refractivity contribution < 1.29 is 14.6 Å². The highest BCUT2D eigenvalue weighted by Crippen LogP contribution is 2.31. The molecule has 8 heteroatoms. The number of benzene rings is 1. The van der Waals surface area contributed by atoms with Crippen molar-refractivity contribution in [3.8, 4) is 17.7 Å². The normalized spacial score (nSPS) is 17.0. The molecule has 0 bridgehead atoms. The molecule has 2 aromatic rings. The second-order valence-corrected chi connectivity index (χ2v) is 5.10. The van der Waals surface area contributed by atoms with Gasteiger partial charge in [0.2, 0.25) is 5.88 Å². The summed E-state index contributed by atoms with van der Waals surface area (Å²) in [6.45, 7) is 2.03. The van der Waals surface area contributed by atoms with Crippen LogP contribution in [0.2, 0.25) is 0 Å². The zero-order valence-corrected chi connectivity index (χ0v) is 12.2. The lowest BCUT2D eigenvalue weighted by Gasteiger charge is -2.22. The fourth-order valence-electron chi connectivity index (χ4n) is 2.38. The van der Waals surface area contributed by atoms with Crippen molar-refractivity contribution in [3.63, 3.8) is 0 Å². The maximum atomic E-state index is 12.8. The lowest BCUT2D eigenvalue weighted by molar-refractivity contribution is 0.0988. The number of phenols is 1. The van der Waals surface area contributed by atoms with Crippen LogP contribution >= 0.6 is 0 Å². The van der Waals surface area contributed by atoms with E-state index >= 15 is 0 Å². The summed E-state index contributed by atoms with van der Waals surface area (Å²) in [7, 11) is 0. The molecule has 0 radical (unpaired) electrons. The van der Waals surface area contributed by atoms with Gasteiger partial charge in [-0.3, -0.25) is 4.79 Å². The van der Waals surface area contributed by atoms with Crippen LogP contribution in [0, 0.1) is 11.3 Å². The monoisotopic (exact) mass is 311 g/mol. The zero-order valence-electron chi connectivity index (χ0n) is 12.2. The number of hydrogen-bond donors (Lipinski definition) is 2. The third-order valence-electron chi connectivity index (χ3n) is 3.47. The van der Waals surface area contributed by atoms with E-state index in [1.54, 1.807) is 13.0 Å². The van der Waals surface area contributed by atoms with E-state index in [1.165, 1.54) is 23.4 Å². The SMILES string of the molecule is CC1CN(c2ccc(O)c(C#N)c2)C(=O)c2c(N)ncnc2O1. The summed E-state index contributed by atoms with van der Waals surface area (Å²) in [5.74, 6) is -0.404. The fourth-order valence-corrected chi connectivity index (χ4v) is 2.38. The van der Waals surface area contributed by atoms with Crippen molar-refractivity contribution in [1.82, 2.24) is 9.97 Å². The highest BCUT2D eigenvalue weighted by Gasteiger charge is 2.31. The number of anilines is 2. The van der Waals surface area contributed by atoms with Gasteiger partial charge in [0.05, 0.1) is 12.1 Å². The first-order valence-electron chi connectivity index (χ1n) is 6.83. The average molecular weight is 311 g/mol. The Morgan fingerprint density at radius 3 is 3.00 bits per heavy atom. The number of carbonyl (C=O) groups is 1. The summed E-state index contributed by atoms with van der Waals surface area (Å²) in [6.07, 6.45) is 0.895. The Morgan fingerprint density at radius 1 is 1.48 bits per heavy atom.